The standard InChI is InChI=1S/C26H35N3O4/c1-26(2,3)33-25(30)29-17-4-5-18(29)15-21(14-17)31-19-6-8-20(9-7-19)32-24-11-13-28-23-10-12-27-16-22(23)24/h10-13,16-21H,4-9,14-15H2,1-3H3/t17-,18-,19?,20?/m0/s1. The van der Waals surface area contributed by atoms with Gasteiger partial charge in [-0.3, -0.25) is 9.97 Å². The third-order valence-corrected chi connectivity index (χ3v) is 7.10. The second-order valence-electron chi connectivity index (χ2n) is 10.7. The van der Waals surface area contributed by atoms with Crippen LogP contribution in [-0.4, -0.2) is 57.0 Å². The summed E-state index contributed by atoms with van der Waals surface area (Å²) >= 11 is 0. The highest BCUT2D eigenvalue weighted by Gasteiger charge is 2.45. The van der Waals surface area contributed by atoms with E-state index in [-0.39, 0.29) is 36.5 Å². The van der Waals surface area contributed by atoms with Crippen LogP contribution in [0.5, 0.6) is 5.75 Å². The van der Waals surface area contributed by atoms with Gasteiger partial charge in [-0.2, -0.15) is 0 Å². The van der Waals surface area contributed by atoms with E-state index in [0.717, 1.165) is 68.0 Å². The zero-order chi connectivity index (χ0) is 23.0. The van der Waals surface area contributed by atoms with E-state index in [0.29, 0.717) is 0 Å². The number of ether oxygens (including phenoxy) is 3. The molecule has 4 heterocycles. The van der Waals surface area contributed by atoms with E-state index in [1.165, 1.54) is 0 Å². The number of rotatable bonds is 4. The van der Waals surface area contributed by atoms with E-state index in [1.807, 2.05) is 44.0 Å². The molecule has 0 spiro atoms. The van der Waals surface area contributed by atoms with Gasteiger partial charge in [-0.15, -0.1) is 0 Å². The van der Waals surface area contributed by atoms with E-state index in [9.17, 15) is 4.79 Å². The van der Waals surface area contributed by atoms with E-state index >= 15 is 0 Å². The van der Waals surface area contributed by atoms with Gasteiger partial charge in [0.1, 0.15) is 11.4 Å². The minimum Gasteiger partial charge on any atom is -0.490 e. The molecule has 33 heavy (non-hydrogen) atoms. The molecule has 2 bridgehead atoms. The van der Waals surface area contributed by atoms with Crippen molar-refractivity contribution in [1.29, 1.82) is 0 Å². The molecule has 2 saturated heterocycles. The highest BCUT2D eigenvalue weighted by atomic mass is 16.6. The summed E-state index contributed by atoms with van der Waals surface area (Å²) in [6.07, 6.45) is 13.9. The van der Waals surface area contributed by atoms with Gasteiger partial charge < -0.3 is 19.1 Å². The predicted octanol–water partition coefficient (Wildman–Crippen LogP) is 5.27. The molecule has 7 nitrogen and oxygen atoms in total. The number of nitrogens with zero attached hydrogens (tertiary/aromatic N) is 3. The Bertz CT molecular complexity index is 964. The Morgan fingerprint density at radius 3 is 2.33 bits per heavy atom. The summed E-state index contributed by atoms with van der Waals surface area (Å²) < 4.78 is 18.5. The molecule has 0 unspecified atom stereocenters. The van der Waals surface area contributed by atoms with Crippen molar-refractivity contribution in [2.45, 2.75) is 108 Å². The third-order valence-electron chi connectivity index (χ3n) is 7.10. The maximum atomic E-state index is 12.7. The van der Waals surface area contributed by atoms with Crippen molar-refractivity contribution in [1.82, 2.24) is 14.9 Å². The monoisotopic (exact) mass is 453 g/mol. The summed E-state index contributed by atoms with van der Waals surface area (Å²) in [4.78, 5) is 23.3. The first-order valence-corrected chi connectivity index (χ1v) is 12.4. The average molecular weight is 454 g/mol. The van der Waals surface area contributed by atoms with Crippen LogP contribution >= 0.6 is 0 Å². The molecule has 2 atom stereocenters. The number of hydrogen-bond donors (Lipinski definition) is 0. The Kier molecular flexibility index (Phi) is 6.16. The Labute approximate surface area is 195 Å². The summed E-state index contributed by atoms with van der Waals surface area (Å²) in [5.41, 5.74) is 0.454. The molecule has 178 valence electrons. The van der Waals surface area contributed by atoms with Crippen LogP contribution in [0.2, 0.25) is 0 Å². The van der Waals surface area contributed by atoms with Crippen molar-refractivity contribution < 1.29 is 19.0 Å². The van der Waals surface area contributed by atoms with Crippen LogP contribution in [-0.2, 0) is 9.47 Å². The molecule has 0 aromatic carbocycles. The van der Waals surface area contributed by atoms with Crippen molar-refractivity contribution in [2.24, 2.45) is 0 Å². The van der Waals surface area contributed by atoms with Crippen LogP contribution in [0.15, 0.2) is 30.7 Å². The predicted molar refractivity (Wildman–Crippen MR) is 125 cm³/mol. The van der Waals surface area contributed by atoms with Gasteiger partial charge in [0.2, 0.25) is 0 Å². The van der Waals surface area contributed by atoms with Gasteiger partial charge in [-0.1, -0.05) is 0 Å². The van der Waals surface area contributed by atoms with Crippen LogP contribution in [0.3, 0.4) is 0 Å². The lowest BCUT2D eigenvalue weighted by atomic mass is 9.93. The van der Waals surface area contributed by atoms with Crippen LogP contribution in [0.1, 0.15) is 72.1 Å². The molecular weight excluding hydrogens is 418 g/mol. The lowest BCUT2D eigenvalue weighted by Crippen LogP contribution is -2.50. The largest absolute Gasteiger partial charge is 0.490 e. The van der Waals surface area contributed by atoms with Crippen molar-refractivity contribution in [3.8, 4) is 5.75 Å². The molecule has 3 fully saturated rings. The Morgan fingerprint density at radius 2 is 1.64 bits per heavy atom. The number of hydrogen-bond acceptors (Lipinski definition) is 6. The molecule has 5 rings (SSSR count). The van der Waals surface area contributed by atoms with Gasteiger partial charge >= 0.3 is 6.09 Å². The molecule has 1 amide bonds. The summed E-state index contributed by atoms with van der Waals surface area (Å²) in [7, 11) is 0. The summed E-state index contributed by atoms with van der Waals surface area (Å²) in [6.45, 7) is 5.78. The second kappa shape index (κ2) is 9.09. The fourth-order valence-electron chi connectivity index (χ4n) is 5.66. The Hall–Kier alpha value is -2.41. The highest BCUT2D eigenvalue weighted by molar-refractivity contribution is 5.83. The number of fused-ring (bicyclic) bond motifs is 3. The first-order valence-electron chi connectivity index (χ1n) is 12.4. The zero-order valence-corrected chi connectivity index (χ0v) is 19.9. The van der Waals surface area contributed by atoms with Gasteiger partial charge in [-0.25, -0.2) is 4.79 Å². The van der Waals surface area contributed by atoms with E-state index in [4.69, 9.17) is 14.2 Å². The highest BCUT2D eigenvalue weighted by Crippen LogP contribution is 2.39. The third kappa shape index (κ3) is 5.08. The average Bonchev–Trinajstić information content (AvgIpc) is 3.05. The minimum absolute atomic E-state index is 0.162. The van der Waals surface area contributed by atoms with E-state index in [2.05, 4.69) is 9.97 Å². The van der Waals surface area contributed by atoms with Crippen LogP contribution in [0, 0.1) is 0 Å². The maximum absolute atomic E-state index is 12.7. The van der Waals surface area contributed by atoms with Crippen LogP contribution in [0.4, 0.5) is 4.79 Å². The first-order chi connectivity index (χ1) is 15.9. The van der Waals surface area contributed by atoms with Gasteiger partial charge in [0.25, 0.3) is 0 Å². The number of amides is 1. The Balaban J connectivity index is 1.12. The topological polar surface area (TPSA) is 73.8 Å². The summed E-state index contributed by atoms with van der Waals surface area (Å²) in [5.74, 6) is 0.864. The minimum atomic E-state index is -0.455. The lowest BCUT2D eigenvalue weighted by molar-refractivity contribution is -0.0812. The molecule has 0 N–H and O–H groups in total. The quantitative estimate of drug-likeness (QED) is 0.628. The fraction of sp³-hybridized carbons (Fsp3) is 0.654. The number of piperidine rings is 1. The first kappa shape index (κ1) is 22.4. The zero-order valence-electron chi connectivity index (χ0n) is 19.9. The van der Waals surface area contributed by atoms with E-state index in [1.54, 1.807) is 12.4 Å². The second-order valence-corrected chi connectivity index (χ2v) is 10.7. The number of carbonyl (C=O) groups excluding carboxylic acids is 1. The molecule has 2 aromatic heterocycles. The molecule has 2 aromatic rings. The SMILES string of the molecule is CC(C)(C)OC(=O)N1[C@H]2CC[C@H]1CC(OC1CCC(Oc3ccnc4ccncc34)CC1)C2. The molecule has 2 aliphatic heterocycles. The Morgan fingerprint density at radius 1 is 0.939 bits per heavy atom. The fourth-order valence-corrected chi connectivity index (χ4v) is 5.66. The molecule has 3 aliphatic rings. The molecule has 1 saturated carbocycles. The van der Waals surface area contributed by atoms with Crippen molar-refractivity contribution >= 4 is 17.0 Å². The van der Waals surface area contributed by atoms with Crippen LogP contribution in [0.25, 0.3) is 10.9 Å². The van der Waals surface area contributed by atoms with Gasteiger partial charge in [0.15, 0.2) is 0 Å². The molecule has 0 radical (unpaired) electrons. The van der Waals surface area contributed by atoms with Crippen molar-refractivity contribution in [2.75, 3.05) is 0 Å². The smallest absolute Gasteiger partial charge is 0.410 e. The number of pyridine rings is 2. The number of aromatic nitrogens is 2. The van der Waals surface area contributed by atoms with E-state index < -0.39 is 5.60 Å². The number of carbonyl (C=O) groups is 1. The van der Waals surface area contributed by atoms with Crippen molar-refractivity contribution in [3.05, 3.63) is 30.7 Å². The van der Waals surface area contributed by atoms with Crippen LogP contribution < -0.4 is 4.74 Å². The maximum Gasteiger partial charge on any atom is 0.410 e. The lowest BCUT2D eigenvalue weighted by Gasteiger charge is -2.41. The van der Waals surface area contributed by atoms with Gasteiger partial charge in [0.05, 0.1) is 29.2 Å². The van der Waals surface area contributed by atoms with Gasteiger partial charge in [0, 0.05) is 30.7 Å². The molecular formula is C26H35N3O4. The summed E-state index contributed by atoms with van der Waals surface area (Å²) in [6, 6.07) is 4.34. The van der Waals surface area contributed by atoms with Crippen molar-refractivity contribution in [3.63, 3.8) is 0 Å². The normalized spacial score (nSPS) is 29.8. The van der Waals surface area contributed by atoms with Gasteiger partial charge in [-0.05, 0) is 84.3 Å². The molecule has 1 aliphatic carbocycles. The summed E-state index contributed by atoms with van der Waals surface area (Å²) in [5, 5.41) is 0.964. The molecule has 7 heteroatoms.